The van der Waals surface area contributed by atoms with Gasteiger partial charge in [-0.15, -0.1) is 0 Å². The van der Waals surface area contributed by atoms with E-state index in [2.05, 4.69) is 18.8 Å². The molecule has 1 atom stereocenters. The topological polar surface area (TPSA) is 68.1 Å². The molecule has 2 aromatic rings. The first-order chi connectivity index (χ1) is 9.60. The van der Waals surface area contributed by atoms with Crippen LogP contribution in [0.5, 0.6) is 5.75 Å². The fraction of sp³-hybridized carbons (Fsp3) is 0.438. The molecule has 1 aromatic heterocycles. The molecule has 0 spiro atoms. The Labute approximate surface area is 119 Å². The summed E-state index contributed by atoms with van der Waals surface area (Å²) in [7, 11) is 0. The number of hydrogen-bond donors (Lipinski definition) is 2. The number of aromatic nitrogens is 1. The summed E-state index contributed by atoms with van der Waals surface area (Å²) in [5, 5.41) is 0.925. The summed E-state index contributed by atoms with van der Waals surface area (Å²) in [5.74, 6) is 1.11. The summed E-state index contributed by atoms with van der Waals surface area (Å²) < 4.78 is 5.49. The average molecular weight is 274 g/mol. The van der Waals surface area contributed by atoms with Crippen molar-refractivity contribution in [3.63, 3.8) is 0 Å². The number of aromatic amines is 1. The van der Waals surface area contributed by atoms with Gasteiger partial charge in [0.05, 0.1) is 0 Å². The van der Waals surface area contributed by atoms with E-state index in [0.29, 0.717) is 24.6 Å². The quantitative estimate of drug-likeness (QED) is 0.628. The third kappa shape index (κ3) is 3.61. The third-order valence-corrected chi connectivity index (χ3v) is 3.37. The molecule has 0 aliphatic heterocycles. The Balaban J connectivity index is 2.02. The molecule has 0 unspecified atom stereocenters. The number of fused-ring (bicyclic) bond motifs is 1. The third-order valence-electron chi connectivity index (χ3n) is 3.37. The molecule has 4 heteroatoms. The van der Waals surface area contributed by atoms with Crippen molar-refractivity contribution in [1.82, 2.24) is 4.98 Å². The average Bonchev–Trinajstić information content (AvgIpc) is 2.86. The fourth-order valence-corrected chi connectivity index (χ4v) is 2.48. The summed E-state index contributed by atoms with van der Waals surface area (Å²) in [5.41, 5.74) is 6.69. The number of nitrogens with two attached hydrogens (primary N) is 1. The minimum Gasteiger partial charge on any atom is -0.426 e. The highest BCUT2D eigenvalue weighted by Gasteiger charge is 2.16. The molecule has 0 aliphatic carbocycles. The van der Waals surface area contributed by atoms with Crippen LogP contribution >= 0.6 is 0 Å². The Bertz CT molecular complexity index is 575. The van der Waals surface area contributed by atoms with Crippen LogP contribution in [0, 0.1) is 11.8 Å². The maximum Gasteiger partial charge on any atom is 0.311 e. The molecular weight excluding hydrogens is 252 g/mol. The zero-order valence-corrected chi connectivity index (χ0v) is 12.1. The van der Waals surface area contributed by atoms with E-state index in [4.69, 9.17) is 10.5 Å². The van der Waals surface area contributed by atoms with Gasteiger partial charge in [0.1, 0.15) is 5.75 Å². The van der Waals surface area contributed by atoms with Gasteiger partial charge in [0.25, 0.3) is 0 Å². The van der Waals surface area contributed by atoms with Gasteiger partial charge in [0.2, 0.25) is 0 Å². The number of carbonyl (C=O) groups excluding carboxylic acids is 1. The number of benzene rings is 1. The summed E-state index contributed by atoms with van der Waals surface area (Å²) in [6.45, 7) is 4.78. The van der Waals surface area contributed by atoms with Crippen LogP contribution in [0.4, 0.5) is 0 Å². The number of hydrogen-bond acceptors (Lipinski definition) is 3. The van der Waals surface area contributed by atoms with Crippen molar-refractivity contribution in [3.8, 4) is 5.75 Å². The Kier molecular flexibility index (Phi) is 4.79. The lowest BCUT2D eigenvalue weighted by molar-refractivity contribution is -0.135. The van der Waals surface area contributed by atoms with E-state index in [-0.39, 0.29) is 11.9 Å². The van der Waals surface area contributed by atoms with Crippen LogP contribution in [0.15, 0.2) is 30.5 Å². The normalized spacial score (nSPS) is 12.8. The largest absolute Gasteiger partial charge is 0.426 e. The van der Waals surface area contributed by atoms with E-state index < -0.39 is 0 Å². The zero-order valence-electron chi connectivity index (χ0n) is 12.1. The lowest BCUT2D eigenvalue weighted by Gasteiger charge is -2.16. The number of H-pyrrole nitrogens is 1. The van der Waals surface area contributed by atoms with Gasteiger partial charge in [0.15, 0.2) is 0 Å². The number of nitrogens with one attached hydrogen (secondary N) is 1. The lowest BCUT2D eigenvalue weighted by atomic mass is 9.94. The predicted molar refractivity (Wildman–Crippen MR) is 80.6 cm³/mol. The first-order valence-electron chi connectivity index (χ1n) is 7.07. The highest BCUT2D eigenvalue weighted by atomic mass is 16.5. The Morgan fingerprint density at radius 3 is 2.85 bits per heavy atom. The van der Waals surface area contributed by atoms with Crippen LogP contribution in [0.1, 0.15) is 26.7 Å². The summed E-state index contributed by atoms with van der Waals surface area (Å²) >= 11 is 0. The summed E-state index contributed by atoms with van der Waals surface area (Å²) in [4.78, 5) is 15.1. The fourth-order valence-electron chi connectivity index (χ4n) is 2.48. The summed E-state index contributed by atoms with van der Waals surface area (Å²) in [6, 6.07) is 7.55. The van der Waals surface area contributed by atoms with E-state index in [1.165, 1.54) is 0 Å². The van der Waals surface area contributed by atoms with E-state index in [0.717, 1.165) is 17.3 Å². The molecule has 108 valence electrons. The van der Waals surface area contributed by atoms with Crippen molar-refractivity contribution >= 4 is 16.9 Å². The molecule has 3 N–H and O–H groups in total. The highest BCUT2D eigenvalue weighted by Crippen LogP contribution is 2.25. The standard InChI is InChI=1S/C16H22N2O2/c1-11(2)8-12(10-17)9-16(19)20-15-5-3-4-14-13(15)6-7-18-14/h3-7,11-12,18H,8-10,17H2,1-2H3/t12-/m0/s1. The van der Waals surface area contributed by atoms with Crippen LogP contribution in [0.3, 0.4) is 0 Å². The van der Waals surface area contributed by atoms with Gasteiger partial charge < -0.3 is 15.5 Å². The van der Waals surface area contributed by atoms with Gasteiger partial charge in [-0.3, -0.25) is 4.79 Å². The second-order valence-corrected chi connectivity index (χ2v) is 5.60. The molecule has 0 radical (unpaired) electrons. The van der Waals surface area contributed by atoms with Crippen molar-refractivity contribution < 1.29 is 9.53 Å². The minimum atomic E-state index is -0.213. The molecule has 0 fully saturated rings. The first kappa shape index (κ1) is 14.6. The van der Waals surface area contributed by atoms with E-state index in [1.807, 2.05) is 30.5 Å². The molecule has 2 rings (SSSR count). The Hall–Kier alpha value is -1.81. The molecule has 1 aromatic carbocycles. The molecule has 0 aliphatic rings. The number of carbonyl (C=O) groups is 1. The van der Waals surface area contributed by atoms with Crippen molar-refractivity contribution in [2.45, 2.75) is 26.7 Å². The Morgan fingerprint density at radius 2 is 2.15 bits per heavy atom. The van der Waals surface area contributed by atoms with E-state index in [9.17, 15) is 4.79 Å². The molecule has 0 bridgehead atoms. The van der Waals surface area contributed by atoms with Crippen molar-refractivity contribution in [2.75, 3.05) is 6.54 Å². The lowest BCUT2D eigenvalue weighted by Crippen LogP contribution is -2.22. The zero-order chi connectivity index (χ0) is 14.5. The van der Waals surface area contributed by atoms with Gasteiger partial charge in [0, 0.05) is 23.5 Å². The summed E-state index contributed by atoms with van der Waals surface area (Å²) in [6.07, 6.45) is 3.15. The second-order valence-electron chi connectivity index (χ2n) is 5.60. The van der Waals surface area contributed by atoms with Crippen LogP contribution in [0.2, 0.25) is 0 Å². The van der Waals surface area contributed by atoms with Gasteiger partial charge >= 0.3 is 5.97 Å². The van der Waals surface area contributed by atoms with Gasteiger partial charge in [-0.1, -0.05) is 19.9 Å². The second kappa shape index (κ2) is 6.57. The van der Waals surface area contributed by atoms with E-state index >= 15 is 0 Å². The Morgan fingerprint density at radius 1 is 1.35 bits per heavy atom. The number of esters is 1. The van der Waals surface area contributed by atoms with Crippen molar-refractivity contribution in [2.24, 2.45) is 17.6 Å². The molecule has 4 nitrogen and oxygen atoms in total. The molecule has 1 heterocycles. The maximum absolute atomic E-state index is 12.0. The maximum atomic E-state index is 12.0. The van der Waals surface area contributed by atoms with Crippen LogP contribution in [-0.4, -0.2) is 17.5 Å². The molecule has 0 saturated carbocycles. The van der Waals surface area contributed by atoms with Crippen LogP contribution in [0.25, 0.3) is 10.9 Å². The minimum absolute atomic E-state index is 0.188. The van der Waals surface area contributed by atoms with Gasteiger partial charge in [-0.05, 0) is 43.0 Å². The smallest absolute Gasteiger partial charge is 0.311 e. The molecule has 0 amide bonds. The van der Waals surface area contributed by atoms with E-state index in [1.54, 1.807) is 0 Å². The SMILES string of the molecule is CC(C)C[C@H](CN)CC(=O)Oc1cccc2[nH]ccc12. The van der Waals surface area contributed by atoms with Crippen LogP contribution < -0.4 is 10.5 Å². The van der Waals surface area contributed by atoms with Crippen molar-refractivity contribution in [1.29, 1.82) is 0 Å². The molecular formula is C16H22N2O2. The molecule has 20 heavy (non-hydrogen) atoms. The monoisotopic (exact) mass is 274 g/mol. The number of rotatable bonds is 6. The molecule has 0 saturated heterocycles. The van der Waals surface area contributed by atoms with Crippen molar-refractivity contribution in [3.05, 3.63) is 30.5 Å². The first-order valence-corrected chi connectivity index (χ1v) is 7.07. The van der Waals surface area contributed by atoms with Gasteiger partial charge in [-0.2, -0.15) is 0 Å². The van der Waals surface area contributed by atoms with Crippen LogP contribution in [-0.2, 0) is 4.79 Å². The predicted octanol–water partition coefficient (Wildman–Crippen LogP) is 3.08. The number of ether oxygens (including phenoxy) is 1. The van der Waals surface area contributed by atoms with Gasteiger partial charge in [-0.25, -0.2) is 0 Å². The highest BCUT2D eigenvalue weighted by molar-refractivity contribution is 5.88.